The topological polar surface area (TPSA) is 17.1 Å². The van der Waals surface area contributed by atoms with Crippen molar-refractivity contribution in [1.82, 2.24) is 0 Å². The molecule has 0 aliphatic carbocycles. The van der Waals surface area contributed by atoms with Crippen LogP contribution in [-0.4, -0.2) is 6.29 Å². The highest BCUT2D eigenvalue weighted by molar-refractivity contribution is 6.31. The number of benzene rings is 1. The minimum atomic E-state index is 0.570. The fraction of sp³-hybridized carbons (Fsp3) is 0.100. The highest BCUT2D eigenvalue weighted by Gasteiger charge is 1.97. The molecule has 0 atom stereocenters. The van der Waals surface area contributed by atoms with Crippen molar-refractivity contribution in [3.8, 4) is 11.8 Å². The lowest BCUT2D eigenvalue weighted by Gasteiger charge is -1.98. The molecule has 60 valence electrons. The summed E-state index contributed by atoms with van der Waals surface area (Å²) in [6.07, 6.45) is 0.570. The molecule has 0 amide bonds. The fourth-order valence-corrected chi connectivity index (χ4v) is 1.02. The zero-order valence-electron chi connectivity index (χ0n) is 6.60. The molecule has 0 radical (unpaired) electrons. The highest BCUT2D eigenvalue weighted by Crippen LogP contribution is 2.17. The van der Waals surface area contributed by atoms with Gasteiger partial charge in [-0.25, -0.2) is 0 Å². The standard InChI is InChI=1S/C10H7ClO/c1-8-9(5-3-7-12)4-2-6-10(8)11/h2,4,6-7H,1H3. The van der Waals surface area contributed by atoms with E-state index in [2.05, 4.69) is 11.8 Å². The van der Waals surface area contributed by atoms with E-state index in [9.17, 15) is 4.79 Å². The Bertz CT molecular complexity index is 358. The van der Waals surface area contributed by atoms with Crippen LogP contribution in [0.15, 0.2) is 18.2 Å². The molecule has 1 nitrogen and oxygen atoms in total. The van der Waals surface area contributed by atoms with Gasteiger partial charge in [-0.2, -0.15) is 0 Å². The first-order valence-electron chi connectivity index (χ1n) is 3.46. The van der Waals surface area contributed by atoms with Crippen LogP contribution in [-0.2, 0) is 4.79 Å². The summed E-state index contributed by atoms with van der Waals surface area (Å²) in [5.41, 5.74) is 1.71. The van der Waals surface area contributed by atoms with Crippen LogP contribution in [0.25, 0.3) is 0 Å². The van der Waals surface area contributed by atoms with Gasteiger partial charge in [0, 0.05) is 10.6 Å². The second-order valence-corrected chi connectivity index (χ2v) is 2.71. The molecule has 1 rings (SSSR count). The maximum atomic E-state index is 9.97. The molecule has 0 saturated heterocycles. The SMILES string of the molecule is Cc1c(Cl)cccc1C#CC=O. The van der Waals surface area contributed by atoms with Crippen molar-refractivity contribution in [2.75, 3.05) is 0 Å². The third kappa shape index (κ3) is 1.87. The lowest BCUT2D eigenvalue weighted by Crippen LogP contribution is -1.82. The number of aldehydes is 1. The molecular weight excluding hydrogens is 172 g/mol. The van der Waals surface area contributed by atoms with Crippen molar-refractivity contribution in [3.05, 3.63) is 34.3 Å². The Morgan fingerprint density at radius 3 is 2.92 bits per heavy atom. The van der Waals surface area contributed by atoms with Crippen LogP contribution in [0.3, 0.4) is 0 Å². The number of halogens is 1. The van der Waals surface area contributed by atoms with E-state index >= 15 is 0 Å². The summed E-state index contributed by atoms with van der Waals surface area (Å²) in [4.78, 5) is 9.97. The molecule has 0 spiro atoms. The van der Waals surface area contributed by atoms with E-state index in [0.717, 1.165) is 11.1 Å². The molecule has 1 aromatic carbocycles. The van der Waals surface area contributed by atoms with E-state index in [1.807, 2.05) is 19.1 Å². The van der Waals surface area contributed by atoms with Gasteiger partial charge in [0.15, 0.2) is 6.29 Å². The van der Waals surface area contributed by atoms with E-state index in [1.165, 1.54) is 0 Å². The van der Waals surface area contributed by atoms with Gasteiger partial charge in [-0.1, -0.05) is 23.6 Å². The van der Waals surface area contributed by atoms with Gasteiger partial charge >= 0.3 is 0 Å². The van der Waals surface area contributed by atoms with E-state index in [1.54, 1.807) is 6.07 Å². The van der Waals surface area contributed by atoms with Gasteiger partial charge in [-0.3, -0.25) is 4.79 Å². The van der Waals surface area contributed by atoms with E-state index < -0.39 is 0 Å². The molecule has 0 aromatic heterocycles. The minimum absolute atomic E-state index is 0.570. The number of carbonyl (C=O) groups is 1. The molecule has 0 saturated carbocycles. The predicted octanol–water partition coefficient (Wildman–Crippen LogP) is 2.20. The number of rotatable bonds is 0. The quantitative estimate of drug-likeness (QED) is 0.440. The third-order valence-electron chi connectivity index (χ3n) is 1.53. The summed E-state index contributed by atoms with van der Waals surface area (Å²) in [5.74, 6) is 5.04. The van der Waals surface area contributed by atoms with Gasteiger partial charge in [0.25, 0.3) is 0 Å². The Balaban J connectivity index is 3.16. The predicted molar refractivity (Wildman–Crippen MR) is 49.1 cm³/mol. The first-order chi connectivity index (χ1) is 5.75. The molecule has 0 aliphatic rings. The zero-order valence-corrected chi connectivity index (χ0v) is 7.35. The molecular formula is C10H7ClO. The van der Waals surface area contributed by atoms with Gasteiger partial charge < -0.3 is 0 Å². The summed E-state index contributed by atoms with van der Waals surface area (Å²) >= 11 is 5.84. The molecule has 0 bridgehead atoms. The van der Waals surface area contributed by atoms with Crippen LogP contribution in [0.5, 0.6) is 0 Å². The largest absolute Gasteiger partial charge is 0.289 e. The molecule has 0 N–H and O–H groups in total. The number of hydrogen-bond donors (Lipinski definition) is 0. The minimum Gasteiger partial charge on any atom is -0.289 e. The Morgan fingerprint density at radius 2 is 2.25 bits per heavy atom. The van der Waals surface area contributed by atoms with Gasteiger partial charge in [0.1, 0.15) is 0 Å². The van der Waals surface area contributed by atoms with Crippen LogP contribution in [0.1, 0.15) is 11.1 Å². The number of carbonyl (C=O) groups excluding carboxylic acids is 1. The second-order valence-electron chi connectivity index (χ2n) is 2.30. The van der Waals surface area contributed by atoms with Crippen LogP contribution in [0.4, 0.5) is 0 Å². The Kier molecular flexibility index (Phi) is 2.90. The van der Waals surface area contributed by atoms with Crippen LogP contribution in [0, 0.1) is 18.8 Å². The molecule has 0 fully saturated rings. The fourth-order valence-electron chi connectivity index (χ4n) is 0.850. The van der Waals surface area contributed by atoms with Crippen molar-refractivity contribution in [1.29, 1.82) is 0 Å². The summed E-state index contributed by atoms with van der Waals surface area (Å²) in [5, 5.41) is 0.674. The summed E-state index contributed by atoms with van der Waals surface area (Å²) in [7, 11) is 0. The third-order valence-corrected chi connectivity index (χ3v) is 1.94. The van der Waals surface area contributed by atoms with Crippen LogP contribution < -0.4 is 0 Å². The summed E-state index contributed by atoms with van der Waals surface area (Å²) in [6, 6.07) is 5.44. The Hall–Kier alpha value is -1.26. The average Bonchev–Trinajstić information content (AvgIpc) is 2.08. The average molecular weight is 179 g/mol. The van der Waals surface area contributed by atoms with Crippen molar-refractivity contribution in [3.63, 3.8) is 0 Å². The van der Waals surface area contributed by atoms with E-state index in [4.69, 9.17) is 11.6 Å². The maximum absolute atomic E-state index is 9.97. The highest BCUT2D eigenvalue weighted by atomic mass is 35.5. The molecule has 0 unspecified atom stereocenters. The molecule has 2 heteroatoms. The van der Waals surface area contributed by atoms with E-state index in [-0.39, 0.29) is 0 Å². The first kappa shape index (κ1) is 8.83. The molecule has 12 heavy (non-hydrogen) atoms. The first-order valence-corrected chi connectivity index (χ1v) is 3.84. The van der Waals surface area contributed by atoms with Crippen molar-refractivity contribution >= 4 is 17.9 Å². The monoisotopic (exact) mass is 178 g/mol. The second kappa shape index (κ2) is 3.94. The van der Waals surface area contributed by atoms with Crippen LogP contribution in [0.2, 0.25) is 5.02 Å². The maximum Gasteiger partial charge on any atom is 0.193 e. The van der Waals surface area contributed by atoms with Gasteiger partial charge in [0.2, 0.25) is 0 Å². The normalized spacial score (nSPS) is 8.50. The number of hydrogen-bond acceptors (Lipinski definition) is 1. The zero-order chi connectivity index (χ0) is 8.97. The van der Waals surface area contributed by atoms with Gasteiger partial charge in [0.05, 0.1) is 0 Å². The summed E-state index contributed by atoms with van der Waals surface area (Å²) < 4.78 is 0. The molecule has 0 aliphatic heterocycles. The molecule has 1 aromatic rings. The van der Waals surface area contributed by atoms with Crippen LogP contribution >= 0.6 is 11.6 Å². The summed E-state index contributed by atoms with van der Waals surface area (Å²) in [6.45, 7) is 1.87. The Morgan fingerprint density at radius 1 is 1.50 bits per heavy atom. The molecule has 0 heterocycles. The van der Waals surface area contributed by atoms with Crippen molar-refractivity contribution in [2.24, 2.45) is 0 Å². The van der Waals surface area contributed by atoms with Crippen molar-refractivity contribution < 1.29 is 4.79 Å². The smallest absolute Gasteiger partial charge is 0.193 e. The lowest BCUT2D eigenvalue weighted by atomic mass is 10.1. The van der Waals surface area contributed by atoms with Gasteiger partial charge in [-0.05, 0) is 30.5 Å². The lowest BCUT2D eigenvalue weighted by molar-refractivity contribution is -0.103. The Labute approximate surface area is 76.4 Å². The van der Waals surface area contributed by atoms with E-state index in [0.29, 0.717) is 11.3 Å². The van der Waals surface area contributed by atoms with Gasteiger partial charge in [-0.15, -0.1) is 0 Å². The van der Waals surface area contributed by atoms with Crippen molar-refractivity contribution in [2.45, 2.75) is 6.92 Å².